The minimum atomic E-state index is -0.192. The van der Waals surface area contributed by atoms with E-state index in [9.17, 15) is 0 Å². The third-order valence-electron chi connectivity index (χ3n) is 3.85. The third-order valence-corrected chi connectivity index (χ3v) is 3.85. The number of hydrogen-bond acceptors (Lipinski definition) is 1. The van der Waals surface area contributed by atoms with Gasteiger partial charge in [-0.25, -0.2) is 0 Å². The molecule has 1 aromatic carbocycles. The lowest BCUT2D eigenvalue weighted by Gasteiger charge is -2.19. The van der Waals surface area contributed by atoms with E-state index in [1.54, 1.807) is 0 Å². The van der Waals surface area contributed by atoms with Gasteiger partial charge in [-0.15, -0.1) is 0 Å². The molecule has 0 saturated carbocycles. The van der Waals surface area contributed by atoms with E-state index in [4.69, 9.17) is 4.74 Å². The van der Waals surface area contributed by atoms with Crippen molar-refractivity contribution >= 4 is 0 Å². The molecule has 78 valence electrons. The van der Waals surface area contributed by atoms with Crippen LogP contribution in [0.5, 0.6) is 0 Å². The van der Waals surface area contributed by atoms with E-state index in [1.807, 2.05) is 0 Å². The van der Waals surface area contributed by atoms with Crippen LogP contribution in [0, 0.1) is 13.8 Å². The van der Waals surface area contributed by atoms with Gasteiger partial charge in [0.2, 0.25) is 0 Å². The molecule has 0 saturated heterocycles. The van der Waals surface area contributed by atoms with Crippen LogP contribution in [0.1, 0.15) is 36.1 Å². The lowest BCUT2D eigenvalue weighted by atomic mass is 9.81. The summed E-state index contributed by atoms with van der Waals surface area (Å²) in [6.07, 6.45) is 4.37. The summed E-state index contributed by atoms with van der Waals surface area (Å²) in [5.74, 6) is 0. The number of aryl methyl sites for hydroxylation is 2. The molecule has 0 N–H and O–H groups in total. The first-order valence-electron chi connectivity index (χ1n) is 5.47. The highest BCUT2D eigenvalue weighted by Gasteiger charge is 2.50. The quantitative estimate of drug-likeness (QED) is 0.584. The first-order chi connectivity index (χ1) is 6.95. The lowest BCUT2D eigenvalue weighted by molar-refractivity contribution is -0.0495. The van der Waals surface area contributed by atoms with E-state index in [1.165, 1.54) is 22.3 Å². The zero-order chi connectivity index (χ0) is 10.8. The van der Waals surface area contributed by atoms with Gasteiger partial charge in [0, 0.05) is 0 Å². The second-order valence-corrected chi connectivity index (χ2v) is 5.13. The highest BCUT2D eigenvalue weighted by atomic mass is 16.5. The van der Waals surface area contributed by atoms with Crippen molar-refractivity contribution in [3.8, 4) is 0 Å². The molecule has 15 heavy (non-hydrogen) atoms. The molecule has 0 aromatic heterocycles. The predicted molar refractivity (Wildman–Crippen MR) is 60.8 cm³/mol. The molecule has 0 radical (unpaired) electrons. The van der Waals surface area contributed by atoms with Crippen LogP contribution < -0.4 is 0 Å². The molecule has 1 nitrogen and oxygen atoms in total. The minimum Gasteiger partial charge on any atom is -0.351 e. The Labute approximate surface area is 90.8 Å². The Morgan fingerprint density at radius 2 is 1.27 bits per heavy atom. The normalized spacial score (nSPS) is 36.0. The van der Waals surface area contributed by atoms with Crippen LogP contribution in [-0.4, -0.2) is 0 Å². The maximum atomic E-state index is 6.12. The zero-order valence-electron chi connectivity index (χ0n) is 9.72. The molecule has 2 aliphatic heterocycles. The lowest BCUT2D eigenvalue weighted by Crippen LogP contribution is -2.17. The minimum absolute atomic E-state index is 0.192. The summed E-state index contributed by atoms with van der Waals surface area (Å²) < 4.78 is 6.12. The summed E-state index contributed by atoms with van der Waals surface area (Å²) >= 11 is 0. The Morgan fingerprint density at radius 3 is 1.67 bits per heavy atom. The van der Waals surface area contributed by atoms with Crippen LogP contribution in [0.4, 0.5) is 0 Å². The molecule has 3 rings (SSSR count). The summed E-state index contributed by atoms with van der Waals surface area (Å²) in [4.78, 5) is 0. The van der Waals surface area contributed by atoms with Crippen LogP contribution >= 0.6 is 0 Å². The van der Waals surface area contributed by atoms with Crippen LogP contribution in [0.15, 0.2) is 24.3 Å². The van der Waals surface area contributed by atoms with Gasteiger partial charge >= 0.3 is 0 Å². The Hall–Kier alpha value is -1.08. The number of ether oxygens (including phenoxy) is 1. The van der Waals surface area contributed by atoms with Gasteiger partial charge in [-0.2, -0.15) is 0 Å². The van der Waals surface area contributed by atoms with Crippen molar-refractivity contribution in [2.24, 2.45) is 0 Å². The fraction of sp³-hybridized carbons (Fsp3) is 0.429. The highest BCUT2D eigenvalue weighted by molar-refractivity contribution is 5.53. The second-order valence-electron chi connectivity index (χ2n) is 5.13. The number of rotatable bonds is 0. The van der Waals surface area contributed by atoms with Crippen molar-refractivity contribution < 1.29 is 4.74 Å². The standard InChI is InChI=1S/C14H16O/c1-9-7-11-12(8-10(9)2)14(4)6-5-13(11,3)15-14/h5-8H,1-4H3. The summed E-state index contributed by atoms with van der Waals surface area (Å²) in [6.45, 7) is 8.62. The van der Waals surface area contributed by atoms with E-state index < -0.39 is 0 Å². The fourth-order valence-electron chi connectivity index (χ4n) is 2.75. The van der Waals surface area contributed by atoms with Crippen molar-refractivity contribution in [2.45, 2.75) is 38.9 Å². The van der Waals surface area contributed by atoms with Crippen LogP contribution in [0.3, 0.4) is 0 Å². The maximum absolute atomic E-state index is 6.12. The van der Waals surface area contributed by atoms with Gasteiger partial charge in [0.25, 0.3) is 0 Å². The smallest absolute Gasteiger partial charge is 0.111 e. The average Bonchev–Trinajstić information content (AvgIpc) is 2.57. The molecular weight excluding hydrogens is 184 g/mol. The molecule has 1 heteroatoms. The van der Waals surface area contributed by atoms with Crippen LogP contribution in [0.2, 0.25) is 0 Å². The number of benzene rings is 1. The monoisotopic (exact) mass is 200 g/mol. The predicted octanol–water partition coefficient (Wildman–Crippen LogP) is 3.33. The van der Waals surface area contributed by atoms with Crippen molar-refractivity contribution in [3.05, 3.63) is 46.5 Å². The van der Waals surface area contributed by atoms with E-state index in [0.29, 0.717) is 0 Å². The summed E-state index contributed by atoms with van der Waals surface area (Å²) in [5, 5.41) is 0. The molecule has 1 aromatic rings. The molecule has 0 amide bonds. The van der Waals surface area contributed by atoms with Gasteiger partial charge in [-0.3, -0.25) is 0 Å². The Kier molecular flexibility index (Phi) is 1.44. The first-order valence-corrected chi connectivity index (χ1v) is 5.47. The largest absolute Gasteiger partial charge is 0.351 e. The summed E-state index contributed by atoms with van der Waals surface area (Å²) in [7, 11) is 0. The van der Waals surface area contributed by atoms with Crippen LogP contribution in [-0.2, 0) is 15.9 Å². The molecule has 2 atom stereocenters. The highest BCUT2D eigenvalue weighted by Crippen LogP contribution is 2.53. The van der Waals surface area contributed by atoms with Gasteiger partial charge in [0.15, 0.2) is 0 Å². The number of fused-ring (bicyclic) bond motifs is 5. The van der Waals surface area contributed by atoms with E-state index >= 15 is 0 Å². The van der Waals surface area contributed by atoms with Gasteiger partial charge in [-0.1, -0.05) is 12.1 Å². The summed E-state index contributed by atoms with van der Waals surface area (Å²) in [6, 6.07) is 4.55. The summed E-state index contributed by atoms with van der Waals surface area (Å²) in [5.41, 5.74) is 5.00. The maximum Gasteiger partial charge on any atom is 0.111 e. The molecular formula is C14H16O. The topological polar surface area (TPSA) is 9.23 Å². The Bertz CT molecular complexity index is 443. The van der Waals surface area contributed by atoms with Crippen molar-refractivity contribution in [1.82, 2.24) is 0 Å². The SMILES string of the molecule is Cc1cc2c(cc1C)C1(C)C=CC2(C)O1. The van der Waals surface area contributed by atoms with Gasteiger partial charge in [0.1, 0.15) is 11.2 Å². The second kappa shape index (κ2) is 2.35. The van der Waals surface area contributed by atoms with Gasteiger partial charge in [-0.05, 0) is 62.1 Å². The molecule has 0 fully saturated rings. The molecule has 0 spiro atoms. The van der Waals surface area contributed by atoms with Crippen molar-refractivity contribution in [2.75, 3.05) is 0 Å². The molecule has 2 bridgehead atoms. The van der Waals surface area contributed by atoms with E-state index in [0.717, 1.165) is 0 Å². The molecule has 2 aliphatic rings. The van der Waals surface area contributed by atoms with Gasteiger partial charge < -0.3 is 4.74 Å². The molecule has 2 unspecified atom stereocenters. The zero-order valence-corrected chi connectivity index (χ0v) is 9.72. The van der Waals surface area contributed by atoms with Crippen LogP contribution in [0.25, 0.3) is 0 Å². The van der Waals surface area contributed by atoms with E-state index in [-0.39, 0.29) is 11.2 Å². The Balaban J connectivity index is 2.34. The Morgan fingerprint density at radius 1 is 0.867 bits per heavy atom. The first kappa shape index (κ1) is 9.17. The van der Waals surface area contributed by atoms with Crippen molar-refractivity contribution in [3.63, 3.8) is 0 Å². The number of hydrogen-bond donors (Lipinski definition) is 0. The van der Waals surface area contributed by atoms with Gasteiger partial charge in [0.05, 0.1) is 0 Å². The molecule has 2 heterocycles. The average molecular weight is 200 g/mol. The molecule has 0 aliphatic carbocycles. The van der Waals surface area contributed by atoms with E-state index in [2.05, 4.69) is 52.0 Å². The van der Waals surface area contributed by atoms with Crippen molar-refractivity contribution in [1.29, 1.82) is 0 Å². The third kappa shape index (κ3) is 0.967. The fourth-order valence-corrected chi connectivity index (χ4v) is 2.75.